The van der Waals surface area contributed by atoms with Gasteiger partial charge in [-0.05, 0) is 31.5 Å². The van der Waals surface area contributed by atoms with Gasteiger partial charge in [0.1, 0.15) is 11.9 Å². The first-order valence-corrected chi connectivity index (χ1v) is 7.24. The maximum atomic E-state index is 13.7. The van der Waals surface area contributed by atoms with Crippen LogP contribution in [-0.4, -0.2) is 34.2 Å². The molecule has 0 aliphatic heterocycles. The molecule has 0 heterocycles. The first-order valence-electron chi connectivity index (χ1n) is 5.69. The molecule has 0 bridgehead atoms. The lowest BCUT2D eigenvalue weighted by Gasteiger charge is -2.13. The molecule has 2 N–H and O–H groups in total. The van der Waals surface area contributed by atoms with Gasteiger partial charge in [-0.1, -0.05) is 0 Å². The second-order valence-corrected chi connectivity index (χ2v) is 5.84. The van der Waals surface area contributed by atoms with Gasteiger partial charge in [-0.3, -0.25) is 0 Å². The summed E-state index contributed by atoms with van der Waals surface area (Å²) >= 11 is 0. The van der Waals surface area contributed by atoms with Crippen molar-refractivity contribution in [1.29, 1.82) is 0 Å². The number of aryl methyl sites for hydroxylation is 1. The zero-order valence-electron chi connectivity index (χ0n) is 11.3. The minimum absolute atomic E-state index is 0.117. The van der Waals surface area contributed by atoms with Gasteiger partial charge < -0.3 is 9.47 Å². The van der Waals surface area contributed by atoms with Crippen molar-refractivity contribution in [3.05, 3.63) is 29.1 Å². The molecule has 0 spiro atoms. The number of hydrogen-bond acceptors (Lipinski definition) is 5. The smallest absolute Gasteiger partial charge is 0.341 e. The maximum absolute atomic E-state index is 13.7. The van der Waals surface area contributed by atoms with Crippen LogP contribution in [0.15, 0.2) is 17.0 Å². The van der Waals surface area contributed by atoms with E-state index in [9.17, 15) is 17.6 Å². The number of hydrogen-bond donors (Lipinski definition) is 1. The summed E-state index contributed by atoms with van der Waals surface area (Å²) in [6.07, 6.45) is -0.592. The highest BCUT2D eigenvalue weighted by Crippen LogP contribution is 2.20. The van der Waals surface area contributed by atoms with Crippen LogP contribution in [-0.2, 0) is 19.5 Å². The molecule has 8 heteroatoms. The van der Waals surface area contributed by atoms with E-state index in [4.69, 9.17) is 14.6 Å². The number of halogens is 1. The van der Waals surface area contributed by atoms with Crippen molar-refractivity contribution in [2.24, 2.45) is 5.14 Å². The van der Waals surface area contributed by atoms with E-state index >= 15 is 0 Å². The zero-order valence-corrected chi connectivity index (χ0v) is 12.2. The van der Waals surface area contributed by atoms with Gasteiger partial charge in [0.15, 0.2) is 0 Å². The number of esters is 1. The standard InChI is InChI=1S/C12H16FNO5S/c1-7-4-10(13)9(5-11(7)20(14,16)17)12(15)19-8(2)6-18-3/h4-5,8H,6H2,1-3H3,(H2,14,16,17). The van der Waals surface area contributed by atoms with Crippen molar-refractivity contribution in [2.75, 3.05) is 13.7 Å². The van der Waals surface area contributed by atoms with Gasteiger partial charge in [0.2, 0.25) is 10.0 Å². The quantitative estimate of drug-likeness (QED) is 0.818. The molecule has 6 nitrogen and oxygen atoms in total. The molecular formula is C12H16FNO5S. The fourth-order valence-electron chi connectivity index (χ4n) is 1.63. The molecule has 1 aromatic carbocycles. The Morgan fingerprint density at radius 2 is 2.05 bits per heavy atom. The molecule has 0 radical (unpaired) electrons. The zero-order chi connectivity index (χ0) is 15.5. The van der Waals surface area contributed by atoms with Gasteiger partial charge in [0.25, 0.3) is 0 Å². The van der Waals surface area contributed by atoms with Crippen LogP contribution in [0.5, 0.6) is 0 Å². The number of rotatable bonds is 5. The SMILES string of the molecule is COCC(C)OC(=O)c1cc(S(N)(=O)=O)c(C)cc1F. The van der Waals surface area contributed by atoms with Crippen molar-refractivity contribution in [3.8, 4) is 0 Å². The molecule has 1 aromatic rings. The summed E-state index contributed by atoms with van der Waals surface area (Å²) in [6, 6.07) is 1.80. The third-order valence-electron chi connectivity index (χ3n) is 2.50. The Kier molecular flexibility index (Phi) is 5.21. The largest absolute Gasteiger partial charge is 0.457 e. The Labute approximate surface area is 116 Å². The molecule has 0 amide bonds. The lowest BCUT2D eigenvalue weighted by molar-refractivity contribution is 0.0115. The number of methoxy groups -OCH3 is 1. The Hall–Kier alpha value is -1.51. The van der Waals surface area contributed by atoms with E-state index in [1.165, 1.54) is 14.0 Å². The van der Waals surface area contributed by atoms with E-state index in [1.54, 1.807) is 6.92 Å². The van der Waals surface area contributed by atoms with Crippen LogP contribution < -0.4 is 5.14 Å². The molecule has 1 rings (SSSR count). The third kappa shape index (κ3) is 3.99. The topological polar surface area (TPSA) is 95.7 Å². The summed E-state index contributed by atoms with van der Waals surface area (Å²) in [7, 11) is -2.62. The van der Waals surface area contributed by atoms with E-state index in [2.05, 4.69) is 0 Å². The number of carbonyl (C=O) groups is 1. The Morgan fingerprint density at radius 1 is 1.45 bits per heavy atom. The second-order valence-electron chi connectivity index (χ2n) is 4.31. The fraction of sp³-hybridized carbons (Fsp3) is 0.417. The summed E-state index contributed by atoms with van der Waals surface area (Å²) in [5.41, 5.74) is -0.367. The molecule has 0 aromatic heterocycles. The second kappa shape index (κ2) is 6.29. The minimum atomic E-state index is -4.04. The average Bonchev–Trinajstić information content (AvgIpc) is 2.26. The lowest BCUT2D eigenvalue weighted by atomic mass is 10.1. The Morgan fingerprint density at radius 3 is 2.55 bits per heavy atom. The predicted octanol–water partition coefficient (Wildman–Crippen LogP) is 0.973. The van der Waals surface area contributed by atoms with Crippen molar-refractivity contribution < 1.29 is 27.1 Å². The molecule has 0 fully saturated rings. The van der Waals surface area contributed by atoms with Crippen molar-refractivity contribution >= 4 is 16.0 Å². The molecule has 1 unspecified atom stereocenters. The van der Waals surface area contributed by atoms with E-state index in [-0.39, 0.29) is 17.1 Å². The van der Waals surface area contributed by atoms with Crippen LogP contribution >= 0.6 is 0 Å². The van der Waals surface area contributed by atoms with E-state index in [1.807, 2.05) is 0 Å². The van der Waals surface area contributed by atoms with Crippen LogP contribution in [0, 0.1) is 12.7 Å². The number of carbonyl (C=O) groups excluding carboxylic acids is 1. The molecule has 0 saturated heterocycles. The lowest BCUT2D eigenvalue weighted by Crippen LogP contribution is -2.21. The number of nitrogens with two attached hydrogens (primary N) is 1. The predicted molar refractivity (Wildman–Crippen MR) is 69.3 cm³/mol. The molecule has 0 aliphatic carbocycles. The molecule has 0 aliphatic rings. The van der Waals surface area contributed by atoms with E-state index in [0.717, 1.165) is 12.1 Å². The highest BCUT2D eigenvalue weighted by molar-refractivity contribution is 7.89. The Balaban J connectivity index is 3.16. The highest BCUT2D eigenvalue weighted by atomic mass is 32.2. The first-order chi connectivity index (χ1) is 9.16. The average molecular weight is 305 g/mol. The number of benzene rings is 1. The van der Waals surface area contributed by atoms with Gasteiger partial charge in [0.05, 0.1) is 17.1 Å². The molecule has 0 saturated carbocycles. The van der Waals surface area contributed by atoms with Gasteiger partial charge in [0, 0.05) is 7.11 Å². The monoisotopic (exact) mass is 305 g/mol. The van der Waals surface area contributed by atoms with Crippen LogP contribution in [0.3, 0.4) is 0 Å². The third-order valence-corrected chi connectivity index (χ3v) is 3.55. The van der Waals surface area contributed by atoms with Crippen molar-refractivity contribution in [3.63, 3.8) is 0 Å². The molecule has 1 atom stereocenters. The highest BCUT2D eigenvalue weighted by Gasteiger charge is 2.21. The van der Waals surface area contributed by atoms with Crippen molar-refractivity contribution in [2.45, 2.75) is 24.8 Å². The first kappa shape index (κ1) is 16.5. The Bertz CT molecular complexity index is 615. The van der Waals surface area contributed by atoms with Crippen molar-refractivity contribution in [1.82, 2.24) is 0 Å². The molecular weight excluding hydrogens is 289 g/mol. The fourth-order valence-corrected chi connectivity index (χ4v) is 2.42. The number of sulfonamides is 1. The van der Waals surface area contributed by atoms with Gasteiger partial charge in [-0.2, -0.15) is 0 Å². The van der Waals surface area contributed by atoms with Gasteiger partial charge >= 0.3 is 5.97 Å². The van der Waals surface area contributed by atoms with E-state index in [0.29, 0.717) is 0 Å². The summed E-state index contributed by atoms with van der Waals surface area (Å²) in [5.74, 6) is -1.85. The van der Waals surface area contributed by atoms with Crippen LogP contribution in [0.2, 0.25) is 0 Å². The molecule has 112 valence electrons. The summed E-state index contributed by atoms with van der Waals surface area (Å²) in [4.78, 5) is 11.5. The van der Waals surface area contributed by atoms with Crippen LogP contribution in [0.1, 0.15) is 22.8 Å². The summed E-state index contributed by atoms with van der Waals surface area (Å²) in [5, 5.41) is 5.00. The summed E-state index contributed by atoms with van der Waals surface area (Å²) < 4.78 is 46.1. The van der Waals surface area contributed by atoms with Crippen LogP contribution in [0.25, 0.3) is 0 Å². The maximum Gasteiger partial charge on any atom is 0.341 e. The summed E-state index contributed by atoms with van der Waals surface area (Å²) in [6.45, 7) is 3.08. The number of ether oxygens (including phenoxy) is 2. The molecule has 20 heavy (non-hydrogen) atoms. The minimum Gasteiger partial charge on any atom is -0.457 e. The van der Waals surface area contributed by atoms with E-state index < -0.39 is 33.5 Å². The normalized spacial score (nSPS) is 13.1. The van der Waals surface area contributed by atoms with Crippen LogP contribution in [0.4, 0.5) is 4.39 Å². The van der Waals surface area contributed by atoms with Gasteiger partial charge in [-0.15, -0.1) is 0 Å². The van der Waals surface area contributed by atoms with Gasteiger partial charge in [-0.25, -0.2) is 22.7 Å². The number of primary sulfonamides is 1.